The number of hydrogen-bond donors (Lipinski definition) is 0. The molecule has 1 aromatic carbocycles. The standard InChI is InChI=1S/C12H12F2O2/c1-8(9-5-3-2-4-6-9)16-11(15)10-7-12(10,13)14/h2-6,8,10H,7H2,1H3/t8-,10-/m0/s1. The average Bonchev–Trinajstić information content (AvgIpc) is 2.89. The van der Waals surface area contributed by atoms with E-state index >= 15 is 0 Å². The van der Waals surface area contributed by atoms with Crippen LogP contribution in [0.3, 0.4) is 0 Å². The van der Waals surface area contributed by atoms with Gasteiger partial charge in [-0.15, -0.1) is 0 Å². The number of carbonyl (C=O) groups excluding carboxylic acids is 1. The number of rotatable bonds is 3. The molecule has 0 saturated heterocycles. The Morgan fingerprint density at radius 3 is 2.50 bits per heavy atom. The third-order valence-corrected chi connectivity index (χ3v) is 2.67. The second kappa shape index (κ2) is 3.85. The number of ether oxygens (including phenoxy) is 1. The zero-order chi connectivity index (χ0) is 11.8. The zero-order valence-corrected chi connectivity index (χ0v) is 8.82. The summed E-state index contributed by atoms with van der Waals surface area (Å²) in [5, 5.41) is 0. The lowest BCUT2D eigenvalue weighted by atomic mass is 10.1. The van der Waals surface area contributed by atoms with Crippen molar-refractivity contribution in [3.05, 3.63) is 35.9 Å². The largest absolute Gasteiger partial charge is 0.457 e. The summed E-state index contributed by atoms with van der Waals surface area (Å²) in [5.74, 6) is -4.90. The monoisotopic (exact) mass is 226 g/mol. The van der Waals surface area contributed by atoms with Gasteiger partial charge < -0.3 is 4.74 Å². The molecule has 4 heteroatoms. The molecule has 0 amide bonds. The molecule has 0 N–H and O–H groups in total. The van der Waals surface area contributed by atoms with Crippen LogP contribution in [0.25, 0.3) is 0 Å². The van der Waals surface area contributed by atoms with Crippen LogP contribution in [0.2, 0.25) is 0 Å². The SMILES string of the molecule is C[C@H](OC(=O)[C@@H]1CC1(F)F)c1ccccc1. The summed E-state index contributed by atoms with van der Waals surface area (Å²) in [6.45, 7) is 1.67. The van der Waals surface area contributed by atoms with Crippen LogP contribution >= 0.6 is 0 Å². The number of alkyl halides is 2. The molecule has 0 spiro atoms. The van der Waals surface area contributed by atoms with Crippen molar-refractivity contribution >= 4 is 5.97 Å². The van der Waals surface area contributed by atoms with E-state index in [1.807, 2.05) is 18.2 Å². The van der Waals surface area contributed by atoms with Crippen LogP contribution in [0.4, 0.5) is 8.78 Å². The van der Waals surface area contributed by atoms with Gasteiger partial charge in [-0.25, -0.2) is 8.78 Å². The van der Waals surface area contributed by atoms with Gasteiger partial charge in [-0.2, -0.15) is 0 Å². The normalized spacial score (nSPS) is 23.6. The number of benzene rings is 1. The minimum absolute atomic E-state index is 0.382. The molecule has 1 fully saturated rings. The first-order chi connectivity index (χ1) is 7.50. The van der Waals surface area contributed by atoms with Crippen molar-refractivity contribution in [1.29, 1.82) is 0 Å². The van der Waals surface area contributed by atoms with Crippen molar-refractivity contribution in [3.8, 4) is 0 Å². The summed E-state index contributed by atoms with van der Waals surface area (Å²) in [5.41, 5.74) is 0.805. The van der Waals surface area contributed by atoms with Crippen LogP contribution < -0.4 is 0 Å². The highest BCUT2D eigenvalue weighted by atomic mass is 19.3. The Kier molecular flexibility index (Phi) is 2.66. The van der Waals surface area contributed by atoms with Gasteiger partial charge in [0.25, 0.3) is 5.92 Å². The number of carbonyl (C=O) groups is 1. The molecular weight excluding hydrogens is 214 g/mol. The van der Waals surface area contributed by atoms with Crippen molar-refractivity contribution in [3.63, 3.8) is 0 Å². The predicted octanol–water partition coefficient (Wildman–Crippen LogP) is 2.95. The first-order valence-electron chi connectivity index (χ1n) is 5.14. The molecule has 1 aliphatic carbocycles. The van der Waals surface area contributed by atoms with Gasteiger partial charge in [-0.3, -0.25) is 4.79 Å². The van der Waals surface area contributed by atoms with E-state index in [9.17, 15) is 13.6 Å². The average molecular weight is 226 g/mol. The van der Waals surface area contributed by atoms with Gasteiger partial charge in [-0.1, -0.05) is 30.3 Å². The highest BCUT2D eigenvalue weighted by Gasteiger charge is 2.62. The minimum atomic E-state index is -2.85. The van der Waals surface area contributed by atoms with Gasteiger partial charge in [0.2, 0.25) is 0 Å². The third-order valence-electron chi connectivity index (χ3n) is 2.67. The summed E-state index contributed by atoms with van der Waals surface area (Å²) in [6, 6.07) is 9.05. The summed E-state index contributed by atoms with van der Waals surface area (Å²) >= 11 is 0. The molecular formula is C12H12F2O2. The number of hydrogen-bond acceptors (Lipinski definition) is 2. The summed E-state index contributed by atoms with van der Waals surface area (Å²) in [7, 11) is 0. The van der Waals surface area contributed by atoms with E-state index in [0.29, 0.717) is 0 Å². The molecule has 2 rings (SSSR count). The molecule has 1 aromatic rings. The molecule has 0 aromatic heterocycles. The summed E-state index contributed by atoms with van der Waals surface area (Å²) < 4.78 is 30.2. The van der Waals surface area contributed by atoms with E-state index in [-0.39, 0.29) is 6.42 Å². The van der Waals surface area contributed by atoms with Gasteiger partial charge in [0.1, 0.15) is 12.0 Å². The highest BCUT2D eigenvalue weighted by molar-refractivity contribution is 5.77. The Morgan fingerprint density at radius 2 is 2.00 bits per heavy atom. The van der Waals surface area contributed by atoms with E-state index in [4.69, 9.17) is 4.74 Å². The lowest BCUT2D eigenvalue weighted by Crippen LogP contribution is -2.14. The van der Waals surface area contributed by atoms with Gasteiger partial charge in [0.15, 0.2) is 0 Å². The lowest BCUT2D eigenvalue weighted by molar-refractivity contribution is -0.152. The maximum absolute atomic E-state index is 12.6. The van der Waals surface area contributed by atoms with Gasteiger partial charge in [0, 0.05) is 6.42 Å². The van der Waals surface area contributed by atoms with E-state index in [1.165, 1.54) is 0 Å². The Balaban J connectivity index is 1.94. The predicted molar refractivity (Wildman–Crippen MR) is 54.0 cm³/mol. The maximum Gasteiger partial charge on any atom is 0.315 e. The maximum atomic E-state index is 12.6. The fraction of sp³-hybridized carbons (Fsp3) is 0.417. The van der Waals surface area contributed by atoms with E-state index in [2.05, 4.69) is 0 Å². The first-order valence-corrected chi connectivity index (χ1v) is 5.14. The number of esters is 1. The van der Waals surface area contributed by atoms with Gasteiger partial charge >= 0.3 is 5.97 Å². The molecule has 1 aliphatic rings. The van der Waals surface area contributed by atoms with Crippen molar-refractivity contribution in [2.75, 3.05) is 0 Å². The first kappa shape index (κ1) is 11.0. The lowest BCUT2D eigenvalue weighted by Gasteiger charge is -2.13. The molecule has 0 aliphatic heterocycles. The molecule has 0 unspecified atom stereocenters. The quantitative estimate of drug-likeness (QED) is 0.741. The second-order valence-electron chi connectivity index (χ2n) is 4.01. The van der Waals surface area contributed by atoms with E-state index in [0.717, 1.165) is 5.56 Å². The fourth-order valence-corrected chi connectivity index (χ4v) is 1.52. The fourth-order valence-electron chi connectivity index (χ4n) is 1.52. The molecule has 1 saturated carbocycles. The van der Waals surface area contributed by atoms with Crippen LogP contribution in [0.1, 0.15) is 25.0 Å². The Hall–Kier alpha value is -1.45. The molecule has 16 heavy (non-hydrogen) atoms. The van der Waals surface area contributed by atoms with E-state index < -0.39 is 23.9 Å². The van der Waals surface area contributed by atoms with Crippen LogP contribution in [-0.4, -0.2) is 11.9 Å². The smallest absolute Gasteiger partial charge is 0.315 e. The molecule has 86 valence electrons. The van der Waals surface area contributed by atoms with Gasteiger partial charge in [-0.05, 0) is 12.5 Å². The second-order valence-corrected chi connectivity index (χ2v) is 4.01. The molecule has 0 bridgehead atoms. The summed E-state index contributed by atoms with van der Waals surface area (Å²) in [6.07, 6.45) is -0.863. The topological polar surface area (TPSA) is 26.3 Å². The van der Waals surface area contributed by atoms with Crippen LogP contribution in [0.15, 0.2) is 30.3 Å². The zero-order valence-electron chi connectivity index (χ0n) is 8.82. The van der Waals surface area contributed by atoms with Crippen molar-refractivity contribution in [2.24, 2.45) is 5.92 Å². The van der Waals surface area contributed by atoms with Gasteiger partial charge in [0.05, 0.1) is 0 Å². The number of halogens is 2. The van der Waals surface area contributed by atoms with Crippen molar-refractivity contribution in [2.45, 2.75) is 25.4 Å². The van der Waals surface area contributed by atoms with Crippen LogP contribution in [0, 0.1) is 5.92 Å². The Labute approximate surface area is 92.2 Å². The van der Waals surface area contributed by atoms with E-state index in [1.54, 1.807) is 19.1 Å². The molecule has 2 atom stereocenters. The Bertz CT molecular complexity index is 389. The molecule has 0 heterocycles. The minimum Gasteiger partial charge on any atom is -0.457 e. The van der Waals surface area contributed by atoms with Crippen LogP contribution in [0.5, 0.6) is 0 Å². The molecule has 0 radical (unpaired) electrons. The molecule has 2 nitrogen and oxygen atoms in total. The highest BCUT2D eigenvalue weighted by Crippen LogP contribution is 2.49. The third kappa shape index (κ3) is 2.21. The van der Waals surface area contributed by atoms with Crippen LogP contribution in [-0.2, 0) is 9.53 Å². The Morgan fingerprint density at radius 1 is 1.44 bits per heavy atom. The summed E-state index contributed by atoms with van der Waals surface area (Å²) in [4.78, 5) is 11.3. The van der Waals surface area contributed by atoms with Crippen molar-refractivity contribution in [1.82, 2.24) is 0 Å². The van der Waals surface area contributed by atoms with Crippen molar-refractivity contribution < 1.29 is 18.3 Å².